The van der Waals surface area contributed by atoms with Gasteiger partial charge in [0.15, 0.2) is 0 Å². The molecule has 3 rings (SSSR count). The Hall–Kier alpha value is -4.97. The zero-order valence-corrected chi connectivity index (χ0v) is 23.8. The van der Waals surface area contributed by atoms with Crippen molar-refractivity contribution < 1.29 is 29.3 Å². The van der Waals surface area contributed by atoms with Crippen molar-refractivity contribution in [2.24, 2.45) is 0 Å². The van der Waals surface area contributed by atoms with Gasteiger partial charge in [-0.3, -0.25) is 14.5 Å². The molecule has 0 aliphatic carbocycles. The van der Waals surface area contributed by atoms with Crippen molar-refractivity contribution in [2.75, 3.05) is 5.32 Å². The molecule has 0 fully saturated rings. The third-order valence-electron chi connectivity index (χ3n) is 6.19. The highest BCUT2D eigenvalue weighted by Crippen LogP contribution is 2.28. The molecular formula is C32H35N3O6. The van der Waals surface area contributed by atoms with E-state index in [9.17, 15) is 24.6 Å². The molecule has 0 aliphatic heterocycles. The van der Waals surface area contributed by atoms with E-state index in [2.05, 4.69) is 16.7 Å². The highest BCUT2D eigenvalue weighted by molar-refractivity contribution is 6.00. The zero-order valence-electron chi connectivity index (χ0n) is 23.8. The van der Waals surface area contributed by atoms with Crippen LogP contribution in [0.3, 0.4) is 0 Å². The van der Waals surface area contributed by atoms with Crippen LogP contribution in [-0.2, 0) is 20.7 Å². The summed E-state index contributed by atoms with van der Waals surface area (Å²) < 4.78 is 5.38. The summed E-state index contributed by atoms with van der Waals surface area (Å²) >= 11 is 0. The number of carbonyl (C=O) groups excluding carboxylic acids is 3. The average molecular weight is 558 g/mol. The fraction of sp³-hybridized carbons (Fsp3) is 0.281. The normalized spacial score (nSPS) is 12.4. The number of nitrogens with one attached hydrogen (secondary N) is 2. The van der Waals surface area contributed by atoms with Crippen LogP contribution in [-0.4, -0.2) is 44.7 Å². The number of phenolic OH excluding ortho intramolecular Hbond substituents is 2. The molecule has 3 aromatic rings. The van der Waals surface area contributed by atoms with Crippen LogP contribution in [0.2, 0.25) is 0 Å². The van der Waals surface area contributed by atoms with E-state index in [4.69, 9.17) is 11.2 Å². The molecule has 9 nitrogen and oxygen atoms in total. The van der Waals surface area contributed by atoms with Gasteiger partial charge in [0.25, 0.3) is 11.8 Å². The summed E-state index contributed by atoms with van der Waals surface area (Å²) in [4.78, 5) is 41.6. The van der Waals surface area contributed by atoms with Crippen LogP contribution >= 0.6 is 0 Å². The molecule has 0 bridgehead atoms. The van der Waals surface area contributed by atoms with Crippen LogP contribution in [0.5, 0.6) is 11.5 Å². The lowest BCUT2D eigenvalue weighted by Crippen LogP contribution is -2.51. The number of terminal acetylenes is 1. The molecule has 0 aliphatic rings. The number of benzene rings is 3. The maximum Gasteiger partial charge on any atom is 0.408 e. The van der Waals surface area contributed by atoms with Crippen molar-refractivity contribution in [2.45, 2.75) is 58.7 Å². The minimum atomic E-state index is -1.31. The van der Waals surface area contributed by atoms with E-state index in [0.717, 1.165) is 16.0 Å². The number of anilines is 1. The second-order valence-corrected chi connectivity index (χ2v) is 10.7. The van der Waals surface area contributed by atoms with Crippen LogP contribution in [0, 0.1) is 26.3 Å². The first kappa shape index (κ1) is 30.6. The fourth-order valence-corrected chi connectivity index (χ4v) is 4.23. The van der Waals surface area contributed by atoms with Crippen LogP contribution in [0.25, 0.3) is 0 Å². The lowest BCUT2D eigenvalue weighted by atomic mass is 10.00. The molecule has 0 radical (unpaired) electrons. The quantitative estimate of drug-likeness (QED) is 0.229. The number of carbonyl (C=O) groups is 3. The lowest BCUT2D eigenvalue weighted by Gasteiger charge is -2.31. The number of ether oxygens (including phenoxy) is 1. The van der Waals surface area contributed by atoms with Crippen molar-refractivity contribution in [3.05, 3.63) is 89.0 Å². The first-order valence-electron chi connectivity index (χ1n) is 13.0. The topological polar surface area (TPSA) is 128 Å². The summed E-state index contributed by atoms with van der Waals surface area (Å²) in [5.41, 5.74) is 2.35. The monoisotopic (exact) mass is 557 g/mol. The Labute approximate surface area is 240 Å². The number of aromatic hydroxyl groups is 2. The van der Waals surface area contributed by atoms with Crippen LogP contribution < -0.4 is 10.6 Å². The molecule has 2 unspecified atom stereocenters. The Kier molecular flexibility index (Phi) is 9.63. The summed E-state index contributed by atoms with van der Waals surface area (Å²) in [5, 5.41) is 25.0. The summed E-state index contributed by atoms with van der Waals surface area (Å²) in [6.07, 6.45) is 5.02. The van der Waals surface area contributed by atoms with Gasteiger partial charge < -0.3 is 25.6 Å². The molecule has 2 atom stereocenters. The number of phenols is 2. The minimum Gasteiger partial charge on any atom is -0.508 e. The minimum absolute atomic E-state index is 0.00262. The Morgan fingerprint density at radius 3 is 1.98 bits per heavy atom. The smallest absolute Gasteiger partial charge is 0.408 e. The Balaban J connectivity index is 2.03. The van der Waals surface area contributed by atoms with Crippen molar-refractivity contribution >= 4 is 23.6 Å². The third-order valence-corrected chi connectivity index (χ3v) is 6.19. The number of aryl methyl sites for hydroxylation is 2. The standard InChI is InChI=1S/C32H35N3O6/c1-7-35(30(39)26(33-31(40)41-32(4,5)6)19-22-11-15-24(36)16-12-22)28(23-13-17-25(37)18-14-23)29(38)34-27-20(2)9-8-10-21(27)3/h1,8-18,26,28,36-37H,19H2,2-6H3,(H,33,40)(H,34,38). The molecule has 0 aromatic heterocycles. The van der Waals surface area contributed by atoms with Crippen molar-refractivity contribution in [3.63, 3.8) is 0 Å². The van der Waals surface area contributed by atoms with Gasteiger partial charge >= 0.3 is 6.09 Å². The van der Waals surface area contributed by atoms with Gasteiger partial charge in [-0.15, -0.1) is 0 Å². The van der Waals surface area contributed by atoms with Gasteiger partial charge in [0.05, 0.1) is 0 Å². The van der Waals surface area contributed by atoms with Gasteiger partial charge in [-0.1, -0.05) is 48.9 Å². The molecule has 3 amide bonds. The van der Waals surface area contributed by atoms with Crippen molar-refractivity contribution in [1.82, 2.24) is 10.2 Å². The maximum atomic E-state index is 14.1. The van der Waals surface area contributed by atoms with Crippen LogP contribution in [0.1, 0.15) is 49.1 Å². The van der Waals surface area contributed by atoms with E-state index in [0.29, 0.717) is 16.8 Å². The average Bonchev–Trinajstić information content (AvgIpc) is 2.89. The second kappa shape index (κ2) is 12.9. The first-order valence-corrected chi connectivity index (χ1v) is 13.0. The molecule has 41 heavy (non-hydrogen) atoms. The molecule has 3 aromatic carbocycles. The molecule has 0 heterocycles. The van der Waals surface area contributed by atoms with Gasteiger partial charge in [0.1, 0.15) is 29.2 Å². The van der Waals surface area contributed by atoms with Crippen molar-refractivity contribution in [1.29, 1.82) is 0 Å². The summed E-state index contributed by atoms with van der Waals surface area (Å²) in [6.45, 7) is 8.77. The summed E-state index contributed by atoms with van der Waals surface area (Å²) in [5.74, 6) is -1.31. The lowest BCUT2D eigenvalue weighted by molar-refractivity contribution is -0.136. The van der Waals surface area contributed by atoms with Crippen LogP contribution in [0.4, 0.5) is 10.5 Å². The molecular weight excluding hydrogens is 522 g/mol. The highest BCUT2D eigenvalue weighted by Gasteiger charge is 2.36. The molecule has 9 heteroatoms. The van der Waals surface area contributed by atoms with Gasteiger partial charge in [-0.05, 0) is 81.1 Å². The van der Waals surface area contributed by atoms with E-state index in [1.54, 1.807) is 32.9 Å². The number of amides is 3. The Morgan fingerprint density at radius 1 is 0.927 bits per heavy atom. The SMILES string of the molecule is C#CN(C(=O)C(Cc1ccc(O)cc1)NC(=O)OC(C)(C)C)C(C(=O)Nc1c(C)cccc1C)c1ccc(O)cc1. The molecule has 0 spiro atoms. The van der Waals surface area contributed by atoms with Crippen molar-refractivity contribution in [3.8, 4) is 24.0 Å². The van der Waals surface area contributed by atoms with Gasteiger partial charge in [-0.2, -0.15) is 0 Å². The second-order valence-electron chi connectivity index (χ2n) is 10.7. The maximum absolute atomic E-state index is 14.1. The molecule has 214 valence electrons. The van der Waals surface area contributed by atoms with Gasteiger partial charge in [0.2, 0.25) is 0 Å². The van der Waals surface area contributed by atoms with E-state index < -0.39 is 35.6 Å². The molecule has 0 saturated heterocycles. The van der Waals surface area contributed by atoms with E-state index in [1.165, 1.54) is 36.4 Å². The largest absolute Gasteiger partial charge is 0.508 e. The number of nitrogens with zero attached hydrogens (tertiary/aromatic N) is 1. The summed E-state index contributed by atoms with van der Waals surface area (Å²) in [6, 6.07) is 17.3. The van der Waals surface area contributed by atoms with E-state index >= 15 is 0 Å². The first-order chi connectivity index (χ1) is 19.3. The number of hydrogen-bond donors (Lipinski definition) is 4. The van der Waals surface area contributed by atoms with Crippen LogP contribution in [0.15, 0.2) is 66.7 Å². The Morgan fingerprint density at radius 2 is 1.46 bits per heavy atom. The number of para-hydroxylation sites is 1. The highest BCUT2D eigenvalue weighted by atomic mass is 16.6. The van der Waals surface area contributed by atoms with Gasteiger partial charge in [0, 0.05) is 18.2 Å². The predicted octanol–water partition coefficient (Wildman–Crippen LogP) is 4.95. The number of rotatable bonds is 8. The fourth-order valence-electron chi connectivity index (χ4n) is 4.23. The van der Waals surface area contributed by atoms with E-state index in [-0.39, 0.29) is 17.9 Å². The summed E-state index contributed by atoms with van der Waals surface area (Å²) in [7, 11) is 0. The van der Waals surface area contributed by atoms with E-state index in [1.807, 2.05) is 32.0 Å². The number of hydrogen-bond acceptors (Lipinski definition) is 6. The zero-order chi connectivity index (χ0) is 30.3. The molecule has 0 saturated carbocycles. The molecule has 4 N–H and O–H groups in total. The van der Waals surface area contributed by atoms with Gasteiger partial charge in [-0.25, -0.2) is 4.79 Å². The Bertz CT molecular complexity index is 1420. The number of alkyl carbamates (subject to hydrolysis) is 1. The third kappa shape index (κ3) is 8.26. The predicted molar refractivity (Wildman–Crippen MR) is 156 cm³/mol.